The second kappa shape index (κ2) is 5.54. The van der Waals surface area contributed by atoms with Gasteiger partial charge in [0.05, 0.1) is 0 Å². The first-order valence-corrected chi connectivity index (χ1v) is 4.73. The molecule has 13 heavy (non-hydrogen) atoms. The van der Waals surface area contributed by atoms with Crippen molar-refractivity contribution in [3.05, 3.63) is 0 Å². The predicted octanol–water partition coefficient (Wildman–Crippen LogP) is 0.372. The van der Waals surface area contributed by atoms with Crippen LogP contribution in [0, 0.1) is 11.8 Å². The van der Waals surface area contributed by atoms with Gasteiger partial charge in [0.1, 0.15) is 12.5 Å². The average molecular weight is 190 g/mol. The van der Waals surface area contributed by atoms with Crippen molar-refractivity contribution in [2.45, 2.75) is 40.2 Å². The van der Waals surface area contributed by atoms with E-state index in [-0.39, 0.29) is 11.8 Å². The lowest BCUT2D eigenvalue weighted by atomic mass is 10.1. The molecular formula is C9H22N2O2. The summed E-state index contributed by atoms with van der Waals surface area (Å²) in [5.41, 5.74) is 2.80. The summed E-state index contributed by atoms with van der Waals surface area (Å²) in [6.45, 7) is 7.62. The predicted molar refractivity (Wildman–Crippen MR) is 52.6 cm³/mol. The first-order chi connectivity index (χ1) is 5.91. The Morgan fingerprint density at radius 2 is 1.23 bits per heavy atom. The highest BCUT2D eigenvalue weighted by Crippen LogP contribution is 2.12. The molecule has 3 N–H and O–H groups in total. The topological polar surface area (TPSA) is 55.7 Å². The maximum atomic E-state index is 9.71. The van der Waals surface area contributed by atoms with Crippen molar-refractivity contribution in [2.24, 2.45) is 11.8 Å². The average Bonchev–Trinajstić information content (AvgIpc) is 2.04. The minimum atomic E-state index is -0.664. The van der Waals surface area contributed by atoms with Crippen LogP contribution in [0.25, 0.3) is 0 Å². The van der Waals surface area contributed by atoms with Gasteiger partial charge in [-0.15, -0.1) is 0 Å². The largest absolute Gasteiger partial charge is 0.377 e. The number of aliphatic hydroxyl groups is 2. The standard InChI is InChI=1S/C9H22N2O2/c1-6(2)8(12)11(10-5)9(13)7(3)4/h6-10,12-13H,1-5H3. The van der Waals surface area contributed by atoms with Crippen molar-refractivity contribution in [3.8, 4) is 0 Å². The van der Waals surface area contributed by atoms with E-state index in [0.717, 1.165) is 0 Å². The van der Waals surface area contributed by atoms with Crippen molar-refractivity contribution < 1.29 is 10.2 Å². The van der Waals surface area contributed by atoms with Crippen LogP contribution in [0.3, 0.4) is 0 Å². The highest BCUT2D eigenvalue weighted by atomic mass is 16.3. The SMILES string of the molecule is CNN(C(O)C(C)C)C(O)C(C)C. The molecule has 0 aromatic rings. The molecule has 80 valence electrons. The molecule has 0 aliphatic carbocycles. The van der Waals surface area contributed by atoms with Crippen molar-refractivity contribution >= 4 is 0 Å². The van der Waals surface area contributed by atoms with Gasteiger partial charge in [0.25, 0.3) is 0 Å². The smallest absolute Gasteiger partial charge is 0.124 e. The van der Waals surface area contributed by atoms with Crippen LogP contribution in [0.1, 0.15) is 27.7 Å². The van der Waals surface area contributed by atoms with Crippen molar-refractivity contribution in [2.75, 3.05) is 7.05 Å². The Hall–Kier alpha value is -0.160. The van der Waals surface area contributed by atoms with Crippen molar-refractivity contribution in [1.82, 2.24) is 10.4 Å². The third-order valence-corrected chi connectivity index (χ3v) is 2.02. The second-order valence-corrected chi connectivity index (χ2v) is 3.95. The molecule has 0 aromatic carbocycles. The number of hydrazine groups is 1. The summed E-state index contributed by atoms with van der Waals surface area (Å²) in [4.78, 5) is 0. The van der Waals surface area contributed by atoms with E-state index in [4.69, 9.17) is 0 Å². The van der Waals surface area contributed by atoms with Crippen LogP contribution in [0.2, 0.25) is 0 Å². The Bertz CT molecular complexity index is 126. The summed E-state index contributed by atoms with van der Waals surface area (Å²) in [7, 11) is 1.69. The lowest BCUT2D eigenvalue weighted by molar-refractivity contribution is -0.160. The van der Waals surface area contributed by atoms with E-state index >= 15 is 0 Å². The normalized spacial score (nSPS) is 17.1. The van der Waals surface area contributed by atoms with E-state index in [1.165, 1.54) is 5.01 Å². The van der Waals surface area contributed by atoms with Gasteiger partial charge < -0.3 is 10.2 Å². The van der Waals surface area contributed by atoms with Crippen molar-refractivity contribution in [3.63, 3.8) is 0 Å². The van der Waals surface area contributed by atoms with E-state index in [1.54, 1.807) is 7.05 Å². The van der Waals surface area contributed by atoms with Gasteiger partial charge in [-0.1, -0.05) is 27.7 Å². The third kappa shape index (κ3) is 3.60. The van der Waals surface area contributed by atoms with Gasteiger partial charge in [-0.05, 0) is 18.9 Å². The van der Waals surface area contributed by atoms with Crippen molar-refractivity contribution in [1.29, 1.82) is 0 Å². The van der Waals surface area contributed by atoms with Gasteiger partial charge >= 0.3 is 0 Å². The Morgan fingerprint density at radius 1 is 0.923 bits per heavy atom. The third-order valence-electron chi connectivity index (χ3n) is 2.02. The first kappa shape index (κ1) is 12.8. The number of hydrogen-bond donors (Lipinski definition) is 3. The fourth-order valence-electron chi connectivity index (χ4n) is 1.06. The number of nitrogens with zero attached hydrogens (tertiary/aromatic N) is 1. The summed E-state index contributed by atoms with van der Waals surface area (Å²) in [5.74, 6) is 0.168. The van der Waals surface area contributed by atoms with Crippen LogP contribution in [0.5, 0.6) is 0 Å². The number of nitrogens with one attached hydrogen (secondary N) is 1. The van der Waals surface area contributed by atoms with Gasteiger partial charge in [0.15, 0.2) is 0 Å². The fraction of sp³-hybridized carbons (Fsp3) is 1.00. The molecule has 0 fully saturated rings. The van der Waals surface area contributed by atoms with Gasteiger partial charge in [0, 0.05) is 0 Å². The van der Waals surface area contributed by atoms with Crippen LogP contribution in [-0.2, 0) is 0 Å². The quantitative estimate of drug-likeness (QED) is 0.433. The minimum Gasteiger partial charge on any atom is -0.377 e. The molecule has 4 nitrogen and oxygen atoms in total. The summed E-state index contributed by atoms with van der Waals surface area (Å²) < 4.78 is 0. The first-order valence-electron chi connectivity index (χ1n) is 4.73. The monoisotopic (exact) mass is 190 g/mol. The zero-order valence-corrected chi connectivity index (χ0v) is 9.15. The molecule has 0 saturated carbocycles. The molecule has 0 rings (SSSR count). The highest BCUT2D eigenvalue weighted by molar-refractivity contribution is 4.65. The molecule has 0 amide bonds. The second-order valence-electron chi connectivity index (χ2n) is 3.95. The molecular weight excluding hydrogens is 168 g/mol. The van der Waals surface area contributed by atoms with Gasteiger partial charge in [-0.2, -0.15) is 5.01 Å². The molecule has 2 atom stereocenters. The molecule has 0 bridgehead atoms. The van der Waals surface area contributed by atoms with Crippen LogP contribution in [0.15, 0.2) is 0 Å². The Morgan fingerprint density at radius 3 is 1.38 bits per heavy atom. The van der Waals surface area contributed by atoms with E-state index in [1.807, 2.05) is 27.7 Å². The van der Waals surface area contributed by atoms with Gasteiger partial charge in [0.2, 0.25) is 0 Å². The molecule has 0 radical (unpaired) electrons. The van der Waals surface area contributed by atoms with E-state index in [0.29, 0.717) is 0 Å². The zero-order chi connectivity index (χ0) is 10.6. The molecule has 0 spiro atoms. The number of rotatable bonds is 5. The minimum absolute atomic E-state index is 0.0841. The van der Waals surface area contributed by atoms with Crippen LogP contribution < -0.4 is 5.43 Å². The number of hydrogen-bond acceptors (Lipinski definition) is 4. The van der Waals surface area contributed by atoms with Crippen LogP contribution in [0.4, 0.5) is 0 Å². The van der Waals surface area contributed by atoms with Crippen LogP contribution in [-0.4, -0.2) is 34.7 Å². The molecule has 0 heterocycles. The fourth-order valence-corrected chi connectivity index (χ4v) is 1.06. The lowest BCUT2D eigenvalue weighted by Crippen LogP contribution is -2.54. The molecule has 0 aromatic heterocycles. The lowest BCUT2D eigenvalue weighted by Gasteiger charge is -2.35. The van der Waals surface area contributed by atoms with E-state index in [9.17, 15) is 10.2 Å². The maximum Gasteiger partial charge on any atom is 0.124 e. The Kier molecular flexibility index (Phi) is 5.48. The molecule has 4 heteroatoms. The zero-order valence-electron chi connectivity index (χ0n) is 9.15. The van der Waals surface area contributed by atoms with Gasteiger partial charge in [-0.3, -0.25) is 5.43 Å². The molecule has 2 unspecified atom stereocenters. The Labute approximate surface area is 80.5 Å². The van der Waals surface area contributed by atoms with Gasteiger partial charge in [-0.25, -0.2) is 0 Å². The summed E-state index contributed by atoms with van der Waals surface area (Å²) in [6.07, 6.45) is -1.33. The highest BCUT2D eigenvalue weighted by Gasteiger charge is 2.26. The van der Waals surface area contributed by atoms with E-state index < -0.39 is 12.5 Å². The summed E-state index contributed by atoms with van der Waals surface area (Å²) in [5, 5.41) is 20.9. The molecule has 0 saturated heterocycles. The summed E-state index contributed by atoms with van der Waals surface area (Å²) in [6, 6.07) is 0. The number of aliphatic hydroxyl groups excluding tert-OH is 2. The molecule has 0 aliphatic rings. The van der Waals surface area contributed by atoms with E-state index in [2.05, 4.69) is 5.43 Å². The van der Waals surface area contributed by atoms with Crippen LogP contribution >= 0.6 is 0 Å². The molecule has 0 aliphatic heterocycles. The Balaban J connectivity index is 4.31. The summed E-state index contributed by atoms with van der Waals surface area (Å²) >= 11 is 0. The maximum absolute atomic E-state index is 9.71.